The Morgan fingerprint density at radius 3 is 2.63 bits per heavy atom. The molecule has 0 saturated carbocycles. The number of hydrogen-bond donors (Lipinski definition) is 2. The third-order valence-corrected chi connectivity index (χ3v) is 8.47. The number of nitrogens with one attached hydrogen (secondary N) is 1. The van der Waals surface area contributed by atoms with Gasteiger partial charge in [-0.25, -0.2) is 14.6 Å². The van der Waals surface area contributed by atoms with Crippen molar-refractivity contribution in [3.8, 4) is 17.1 Å². The van der Waals surface area contributed by atoms with Crippen LogP contribution in [0.3, 0.4) is 0 Å². The first-order chi connectivity index (χ1) is 19.5. The highest BCUT2D eigenvalue weighted by molar-refractivity contribution is 5.90. The number of rotatable bonds is 4. The number of carbonyl (C=O) groups is 2. The SMILES string of the molecule is CC[C@@]1(O)C(=O)OCc2c1cc1n(c2=O)Cc2cc3c(CN(C)C)c(OC(=O)N4[C@H](C)CNC[C@H]4C)ccc3nc2-1. The molecule has 2 aromatic heterocycles. The standard InChI is InChI=1S/C30H35N5O6/c1-6-30(39)22-10-24-26-18(13-34(24)27(36)21(22)15-40-28(30)37)9-19-20(14-33(4)5)25(8-7-23(19)32-26)41-29(38)35-16(2)11-31-12-17(35)3/h7-10,16-17,31,39H,6,11-15H2,1-5H3/t16-,17-,30+/m1/s1. The first-order valence-corrected chi connectivity index (χ1v) is 14.0. The van der Waals surface area contributed by atoms with Crippen LogP contribution in [0.5, 0.6) is 5.75 Å². The number of ether oxygens (including phenoxy) is 2. The molecule has 6 rings (SSSR count). The predicted molar refractivity (Wildman–Crippen MR) is 152 cm³/mol. The van der Waals surface area contributed by atoms with Crippen LogP contribution < -0.4 is 15.6 Å². The number of cyclic esters (lactones) is 1. The monoisotopic (exact) mass is 561 g/mol. The number of fused-ring (bicyclic) bond motifs is 5. The van der Waals surface area contributed by atoms with E-state index in [1.165, 1.54) is 0 Å². The van der Waals surface area contributed by atoms with Gasteiger partial charge in [-0.15, -0.1) is 0 Å². The maximum atomic E-state index is 13.5. The average molecular weight is 562 g/mol. The van der Waals surface area contributed by atoms with Gasteiger partial charge in [-0.05, 0) is 58.6 Å². The van der Waals surface area contributed by atoms with Crippen molar-refractivity contribution in [1.29, 1.82) is 0 Å². The molecule has 3 aromatic rings. The molecule has 0 spiro atoms. The van der Waals surface area contributed by atoms with Gasteiger partial charge in [0, 0.05) is 53.8 Å². The zero-order valence-corrected chi connectivity index (χ0v) is 24.0. The number of amides is 1. The van der Waals surface area contributed by atoms with Crippen LogP contribution in [0.2, 0.25) is 0 Å². The number of aromatic nitrogens is 2. The fraction of sp³-hybridized carbons (Fsp3) is 0.467. The summed E-state index contributed by atoms with van der Waals surface area (Å²) in [5.74, 6) is -0.274. The average Bonchev–Trinajstić information content (AvgIpc) is 3.29. The molecule has 3 aliphatic rings. The molecule has 2 N–H and O–H groups in total. The summed E-state index contributed by atoms with van der Waals surface area (Å²) in [5.41, 5.74) is 1.92. The van der Waals surface area contributed by atoms with Crippen LogP contribution >= 0.6 is 0 Å². The van der Waals surface area contributed by atoms with Crippen LogP contribution in [-0.4, -0.2) is 75.8 Å². The van der Waals surface area contributed by atoms with Crippen molar-refractivity contribution in [2.24, 2.45) is 0 Å². The number of pyridine rings is 2. The molecular weight excluding hydrogens is 526 g/mol. The van der Waals surface area contributed by atoms with Crippen molar-refractivity contribution in [2.45, 2.75) is 64.6 Å². The number of hydrogen-bond acceptors (Lipinski definition) is 9. The van der Waals surface area contributed by atoms with E-state index in [4.69, 9.17) is 14.5 Å². The lowest BCUT2D eigenvalue weighted by molar-refractivity contribution is -0.172. The number of piperazine rings is 1. The van der Waals surface area contributed by atoms with E-state index in [0.29, 0.717) is 48.8 Å². The third-order valence-electron chi connectivity index (χ3n) is 8.47. The summed E-state index contributed by atoms with van der Waals surface area (Å²) in [7, 11) is 3.90. The summed E-state index contributed by atoms with van der Waals surface area (Å²) >= 11 is 0. The number of carbonyl (C=O) groups excluding carboxylic acids is 2. The molecule has 3 atom stereocenters. The second-order valence-corrected chi connectivity index (χ2v) is 11.6. The Hall–Kier alpha value is -3.80. The fourth-order valence-electron chi connectivity index (χ4n) is 6.30. The number of benzene rings is 1. The maximum absolute atomic E-state index is 13.5. The molecule has 0 bridgehead atoms. The second kappa shape index (κ2) is 9.93. The van der Waals surface area contributed by atoms with E-state index in [9.17, 15) is 19.5 Å². The molecule has 41 heavy (non-hydrogen) atoms. The lowest BCUT2D eigenvalue weighted by Gasteiger charge is -2.38. The van der Waals surface area contributed by atoms with Crippen molar-refractivity contribution in [3.05, 3.63) is 56.9 Å². The summed E-state index contributed by atoms with van der Waals surface area (Å²) in [5, 5.41) is 15.3. The summed E-state index contributed by atoms with van der Waals surface area (Å²) < 4.78 is 12.8. The second-order valence-electron chi connectivity index (χ2n) is 11.6. The topological polar surface area (TPSA) is 126 Å². The van der Waals surface area contributed by atoms with E-state index >= 15 is 0 Å². The first kappa shape index (κ1) is 27.4. The first-order valence-electron chi connectivity index (χ1n) is 14.0. The molecule has 1 saturated heterocycles. The molecule has 3 aliphatic heterocycles. The van der Waals surface area contributed by atoms with Crippen LogP contribution in [0.25, 0.3) is 22.3 Å². The van der Waals surface area contributed by atoms with Crippen LogP contribution in [0.4, 0.5) is 4.79 Å². The van der Waals surface area contributed by atoms with Crippen LogP contribution in [0.1, 0.15) is 49.4 Å². The van der Waals surface area contributed by atoms with Gasteiger partial charge in [-0.3, -0.25) is 9.69 Å². The van der Waals surface area contributed by atoms with Gasteiger partial charge in [0.1, 0.15) is 12.4 Å². The Morgan fingerprint density at radius 1 is 1.22 bits per heavy atom. The molecular formula is C30H35N5O6. The molecule has 0 radical (unpaired) electrons. The van der Waals surface area contributed by atoms with Gasteiger partial charge in [-0.2, -0.15) is 0 Å². The quantitative estimate of drug-likeness (QED) is 0.361. The van der Waals surface area contributed by atoms with Gasteiger partial charge in [0.25, 0.3) is 5.56 Å². The number of nitrogens with zero attached hydrogens (tertiary/aromatic N) is 4. The summed E-state index contributed by atoms with van der Waals surface area (Å²) in [6.07, 6.45) is -0.301. The summed E-state index contributed by atoms with van der Waals surface area (Å²) in [6, 6.07) is 7.31. The highest BCUT2D eigenvalue weighted by Crippen LogP contribution is 2.40. The highest BCUT2D eigenvalue weighted by Gasteiger charge is 2.45. The van der Waals surface area contributed by atoms with E-state index in [1.807, 2.05) is 45.0 Å². The molecule has 11 nitrogen and oxygen atoms in total. The van der Waals surface area contributed by atoms with E-state index < -0.39 is 11.6 Å². The molecule has 1 amide bonds. The van der Waals surface area contributed by atoms with E-state index in [-0.39, 0.29) is 47.9 Å². The highest BCUT2D eigenvalue weighted by atomic mass is 16.6. The van der Waals surface area contributed by atoms with Gasteiger partial charge in [-0.1, -0.05) is 6.92 Å². The van der Waals surface area contributed by atoms with E-state index in [1.54, 1.807) is 28.5 Å². The third kappa shape index (κ3) is 4.30. The van der Waals surface area contributed by atoms with Crippen molar-refractivity contribution < 1.29 is 24.2 Å². The van der Waals surface area contributed by atoms with Crippen molar-refractivity contribution in [2.75, 3.05) is 27.2 Å². The van der Waals surface area contributed by atoms with Gasteiger partial charge in [0.15, 0.2) is 5.60 Å². The van der Waals surface area contributed by atoms with Crippen LogP contribution in [-0.2, 0) is 34.8 Å². The van der Waals surface area contributed by atoms with Gasteiger partial charge in [0.05, 0.1) is 29.0 Å². The predicted octanol–water partition coefficient (Wildman–Crippen LogP) is 2.32. The van der Waals surface area contributed by atoms with Gasteiger partial charge in [0.2, 0.25) is 0 Å². The smallest absolute Gasteiger partial charge is 0.415 e. The van der Waals surface area contributed by atoms with Gasteiger partial charge >= 0.3 is 12.1 Å². The zero-order valence-electron chi connectivity index (χ0n) is 24.0. The Balaban J connectivity index is 1.45. The van der Waals surface area contributed by atoms with E-state index in [2.05, 4.69) is 5.32 Å². The molecule has 0 aliphatic carbocycles. The molecule has 5 heterocycles. The van der Waals surface area contributed by atoms with Crippen molar-refractivity contribution in [3.63, 3.8) is 0 Å². The number of aliphatic hydroxyl groups is 1. The molecule has 1 fully saturated rings. The minimum absolute atomic E-state index is 0.00244. The zero-order chi connectivity index (χ0) is 29.2. The lowest BCUT2D eigenvalue weighted by atomic mass is 9.86. The molecule has 11 heteroatoms. The minimum atomic E-state index is -1.88. The Bertz CT molecular complexity index is 1640. The van der Waals surface area contributed by atoms with Gasteiger partial charge < -0.3 is 29.4 Å². The summed E-state index contributed by atoms with van der Waals surface area (Å²) in [6.45, 7) is 7.72. The summed E-state index contributed by atoms with van der Waals surface area (Å²) in [4.78, 5) is 48.0. The normalized spacial score (nSPS) is 23.3. The van der Waals surface area contributed by atoms with Crippen LogP contribution in [0.15, 0.2) is 29.1 Å². The number of esters is 1. The molecule has 1 aromatic carbocycles. The Labute approximate surface area is 237 Å². The fourth-order valence-corrected chi connectivity index (χ4v) is 6.30. The Morgan fingerprint density at radius 2 is 1.95 bits per heavy atom. The minimum Gasteiger partial charge on any atom is -0.458 e. The maximum Gasteiger partial charge on any atom is 0.415 e. The lowest BCUT2D eigenvalue weighted by Crippen LogP contribution is -2.58. The molecule has 0 unspecified atom stereocenters. The molecule has 216 valence electrons. The van der Waals surface area contributed by atoms with E-state index in [0.717, 1.165) is 16.5 Å². The largest absolute Gasteiger partial charge is 0.458 e. The van der Waals surface area contributed by atoms with Crippen LogP contribution in [0, 0.1) is 0 Å². The van der Waals surface area contributed by atoms with Crippen molar-refractivity contribution >= 4 is 23.0 Å². The Kier molecular flexibility index (Phi) is 6.63. The van der Waals surface area contributed by atoms with Crippen molar-refractivity contribution in [1.82, 2.24) is 24.7 Å².